The second-order valence-electron chi connectivity index (χ2n) is 3.21. The van der Waals surface area contributed by atoms with Gasteiger partial charge in [0.1, 0.15) is 11.6 Å². The fraction of sp³-hybridized carbons (Fsp3) is 0.222. The van der Waals surface area contributed by atoms with E-state index in [9.17, 15) is 0 Å². The number of nitrogen functional groups attached to an aromatic ring is 1. The highest BCUT2D eigenvalue weighted by Crippen LogP contribution is 2.12. The minimum Gasteiger partial charge on any atom is -0.382 e. The molecule has 0 aliphatic carbocycles. The molecular weight excluding hydrogens is 258 g/mol. The Hall–Kier alpha value is -1.43. The molecule has 2 rings (SSSR count). The van der Waals surface area contributed by atoms with E-state index in [1.54, 1.807) is 17.1 Å². The van der Waals surface area contributed by atoms with E-state index < -0.39 is 0 Å². The van der Waals surface area contributed by atoms with Crippen LogP contribution >= 0.6 is 15.9 Å². The van der Waals surface area contributed by atoms with E-state index in [1.165, 1.54) is 0 Å². The second-order valence-corrected chi connectivity index (χ2v) is 4.12. The van der Waals surface area contributed by atoms with Gasteiger partial charge in [-0.05, 0) is 15.9 Å². The highest BCUT2D eigenvalue weighted by Gasteiger charge is 2.06. The van der Waals surface area contributed by atoms with Crippen molar-refractivity contribution in [2.24, 2.45) is 7.05 Å². The molecule has 0 bridgehead atoms. The molecule has 0 spiro atoms. The smallest absolute Gasteiger partial charge is 0.149 e. The first kappa shape index (κ1) is 10.1. The SMILES string of the molecule is Cn1cc(Cc2ncc(Br)cn2)c(N)n1. The third kappa shape index (κ3) is 2.33. The summed E-state index contributed by atoms with van der Waals surface area (Å²) in [6.45, 7) is 0. The maximum Gasteiger partial charge on any atom is 0.149 e. The van der Waals surface area contributed by atoms with Gasteiger partial charge in [-0.2, -0.15) is 5.10 Å². The Morgan fingerprint density at radius 1 is 1.40 bits per heavy atom. The predicted octanol–water partition coefficient (Wildman–Crippen LogP) is 1.15. The Labute approximate surface area is 95.5 Å². The molecule has 2 heterocycles. The van der Waals surface area contributed by atoms with E-state index in [1.807, 2.05) is 13.2 Å². The maximum absolute atomic E-state index is 5.72. The topological polar surface area (TPSA) is 69.6 Å². The monoisotopic (exact) mass is 267 g/mol. The highest BCUT2D eigenvalue weighted by molar-refractivity contribution is 9.10. The molecule has 2 aromatic rings. The molecule has 0 radical (unpaired) electrons. The van der Waals surface area contributed by atoms with Crippen molar-refractivity contribution in [1.29, 1.82) is 0 Å². The molecule has 0 aromatic carbocycles. The van der Waals surface area contributed by atoms with E-state index in [2.05, 4.69) is 31.0 Å². The fourth-order valence-electron chi connectivity index (χ4n) is 1.29. The van der Waals surface area contributed by atoms with Gasteiger partial charge < -0.3 is 5.73 Å². The van der Waals surface area contributed by atoms with Crippen LogP contribution in [0.1, 0.15) is 11.4 Å². The van der Waals surface area contributed by atoms with Gasteiger partial charge in [-0.1, -0.05) is 0 Å². The van der Waals surface area contributed by atoms with E-state index >= 15 is 0 Å². The lowest BCUT2D eigenvalue weighted by Gasteiger charge is -1.97. The van der Waals surface area contributed by atoms with Crippen molar-refractivity contribution in [3.8, 4) is 0 Å². The first-order valence-corrected chi connectivity index (χ1v) is 5.19. The number of aryl methyl sites for hydroxylation is 1. The normalized spacial score (nSPS) is 10.5. The fourth-order valence-corrected chi connectivity index (χ4v) is 1.50. The zero-order chi connectivity index (χ0) is 10.8. The van der Waals surface area contributed by atoms with Crippen molar-refractivity contribution in [2.45, 2.75) is 6.42 Å². The van der Waals surface area contributed by atoms with Gasteiger partial charge in [0.15, 0.2) is 0 Å². The Morgan fingerprint density at radius 3 is 2.60 bits per heavy atom. The molecular formula is C9H10BrN5. The van der Waals surface area contributed by atoms with Gasteiger partial charge in [0, 0.05) is 37.6 Å². The number of nitrogens with zero attached hydrogens (tertiary/aromatic N) is 4. The molecule has 0 saturated heterocycles. The summed E-state index contributed by atoms with van der Waals surface area (Å²) in [6, 6.07) is 0. The molecule has 5 nitrogen and oxygen atoms in total. The van der Waals surface area contributed by atoms with E-state index in [4.69, 9.17) is 5.73 Å². The quantitative estimate of drug-likeness (QED) is 0.886. The maximum atomic E-state index is 5.72. The van der Waals surface area contributed by atoms with Crippen LogP contribution in [0.5, 0.6) is 0 Å². The number of halogens is 1. The summed E-state index contributed by atoms with van der Waals surface area (Å²) < 4.78 is 2.55. The Balaban J connectivity index is 2.21. The zero-order valence-corrected chi connectivity index (χ0v) is 9.77. The minimum absolute atomic E-state index is 0.531. The molecule has 0 fully saturated rings. The van der Waals surface area contributed by atoms with Crippen molar-refractivity contribution < 1.29 is 0 Å². The number of anilines is 1. The number of nitrogens with two attached hydrogens (primary N) is 1. The number of hydrogen-bond donors (Lipinski definition) is 1. The van der Waals surface area contributed by atoms with Crippen LogP contribution in [0.15, 0.2) is 23.1 Å². The predicted molar refractivity (Wildman–Crippen MR) is 60.2 cm³/mol. The lowest BCUT2D eigenvalue weighted by molar-refractivity contribution is 0.771. The largest absolute Gasteiger partial charge is 0.382 e. The van der Waals surface area contributed by atoms with Crippen LogP contribution in [0.2, 0.25) is 0 Å². The molecule has 0 saturated carbocycles. The summed E-state index contributed by atoms with van der Waals surface area (Å²) in [6.07, 6.45) is 5.91. The number of rotatable bonds is 2. The lowest BCUT2D eigenvalue weighted by Crippen LogP contribution is -1.97. The summed E-state index contributed by atoms with van der Waals surface area (Å²) in [7, 11) is 1.84. The first-order chi connectivity index (χ1) is 7.15. The van der Waals surface area contributed by atoms with Crippen molar-refractivity contribution in [1.82, 2.24) is 19.7 Å². The van der Waals surface area contributed by atoms with Gasteiger partial charge in [0.2, 0.25) is 0 Å². The van der Waals surface area contributed by atoms with Crippen LogP contribution in [-0.2, 0) is 13.5 Å². The van der Waals surface area contributed by atoms with Crippen LogP contribution in [0.3, 0.4) is 0 Å². The van der Waals surface area contributed by atoms with Crippen molar-refractivity contribution in [2.75, 3.05) is 5.73 Å². The molecule has 0 aliphatic heterocycles. The molecule has 0 unspecified atom stereocenters. The number of aromatic nitrogens is 4. The third-order valence-corrected chi connectivity index (χ3v) is 2.37. The van der Waals surface area contributed by atoms with Crippen molar-refractivity contribution in [3.05, 3.63) is 34.5 Å². The van der Waals surface area contributed by atoms with Crippen molar-refractivity contribution >= 4 is 21.7 Å². The second kappa shape index (κ2) is 3.98. The van der Waals surface area contributed by atoms with Crippen LogP contribution in [0, 0.1) is 0 Å². The Bertz CT molecular complexity index is 462. The van der Waals surface area contributed by atoms with Gasteiger partial charge in [0.05, 0.1) is 4.47 Å². The highest BCUT2D eigenvalue weighted by atomic mass is 79.9. The Kier molecular flexibility index (Phi) is 2.68. The average Bonchev–Trinajstić information content (AvgIpc) is 2.49. The van der Waals surface area contributed by atoms with Gasteiger partial charge in [0.25, 0.3) is 0 Å². The lowest BCUT2D eigenvalue weighted by atomic mass is 10.2. The van der Waals surface area contributed by atoms with Crippen molar-refractivity contribution in [3.63, 3.8) is 0 Å². The molecule has 0 atom stereocenters. The van der Waals surface area contributed by atoms with E-state index in [0.29, 0.717) is 12.2 Å². The minimum atomic E-state index is 0.531. The molecule has 6 heteroatoms. The van der Waals surface area contributed by atoms with Crippen LogP contribution in [0.4, 0.5) is 5.82 Å². The molecule has 2 N–H and O–H groups in total. The zero-order valence-electron chi connectivity index (χ0n) is 8.18. The molecule has 2 aromatic heterocycles. The van der Waals surface area contributed by atoms with Crippen LogP contribution in [0.25, 0.3) is 0 Å². The van der Waals surface area contributed by atoms with Crippen LogP contribution in [-0.4, -0.2) is 19.7 Å². The summed E-state index contributed by atoms with van der Waals surface area (Å²) >= 11 is 3.28. The van der Waals surface area contributed by atoms with Gasteiger partial charge >= 0.3 is 0 Å². The molecule has 15 heavy (non-hydrogen) atoms. The molecule has 78 valence electrons. The summed E-state index contributed by atoms with van der Waals surface area (Å²) in [5.41, 5.74) is 6.67. The summed E-state index contributed by atoms with van der Waals surface area (Å²) in [4.78, 5) is 8.35. The van der Waals surface area contributed by atoms with E-state index in [-0.39, 0.29) is 0 Å². The summed E-state index contributed by atoms with van der Waals surface area (Å²) in [5.74, 6) is 1.27. The van der Waals surface area contributed by atoms with Crippen LogP contribution < -0.4 is 5.73 Å². The van der Waals surface area contributed by atoms with Gasteiger partial charge in [-0.15, -0.1) is 0 Å². The van der Waals surface area contributed by atoms with Gasteiger partial charge in [-0.25, -0.2) is 9.97 Å². The molecule has 0 aliphatic rings. The molecule has 0 amide bonds. The first-order valence-electron chi connectivity index (χ1n) is 4.39. The third-order valence-electron chi connectivity index (χ3n) is 1.96. The Morgan fingerprint density at radius 2 is 2.07 bits per heavy atom. The summed E-state index contributed by atoms with van der Waals surface area (Å²) in [5, 5.41) is 4.05. The van der Waals surface area contributed by atoms with E-state index in [0.717, 1.165) is 15.9 Å². The van der Waals surface area contributed by atoms with Gasteiger partial charge in [-0.3, -0.25) is 4.68 Å². The number of hydrogen-bond acceptors (Lipinski definition) is 4. The standard InChI is InChI=1S/C9H10BrN5/c1-15-5-6(9(11)14-15)2-8-12-3-7(10)4-13-8/h3-5H,2H2,1H3,(H2,11,14). The average molecular weight is 268 g/mol.